The number of nitrogens with zero attached hydrogens (tertiary/aromatic N) is 3. The predicted molar refractivity (Wildman–Crippen MR) is 101 cm³/mol. The normalized spacial score (nSPS) is 11.6. The molecule has 0 bridgehead atoms. The summed E-state index contributed by atoms with van der Waals surface area (Å²) < 4.78 is 28.2. The fourth-order valence-corrected chi connectivity index (χ4v) is 4.39. The van der Waals surface area contributed by atoms with Crippen LogP contribution in [0.5, 0.6) is 0 Å². The minimum Gasteiger partial charge on any atom is -0.268 e. The molecule has 2 heterocycles. The number of rotatable bonds is 6. The topological polar surface area (TPSA) is 94.0 Å². The van der Waals surface area contributed by atoms with E-state index in [4.69, 9.17) is 0 Å². The van der Waals surface area contributed by atoms with E-state index in [1.165, 1.54) is 34.2 Å². The van der Waals surface area contributed by atoms with Crippen molar-refractivity contribution in [1.82, 2.24) is 19.5 Å². The Morgan fingerprint density at radius 3 is 2.50 bits per heavy atom. The third kappa shape index (κ3) is 4.06. The number of hydrogen-bond acceptors (Lipinski definition) is 6. The number of hydrogen-bond donors (Lipinski definition) is 1. The zero-order valence-corrected chi connectivity index (χ0v) is 16.0. The van der Waals surface area contributed by atoms with Gasteiger partial charge in [-0.15, -0.1) is 11.3 Å². The van der Waals surface area contributed by atoms with Gasteiger partial charge in [0.15, 0.2) is 0 Å². The number of aryl methyl sites for hydroxylation is 2. The van der Waals surface area contributed by atoms with Crippen molar-refractivity contribution in [3.8, 4) is 10.6 Å². The molecule has 2 aromatic heterocycles. The molecule has 0 atom stereocenters. The van der Waals surface area contributed by atoms with E-state index in [9.17, 15) is 13.2 Å². The largest absolute Gasteiger partial charge is 0.268 e. The molecule has 3 rings (SSSR count). The van der Waals surface area contributed by atoms with Gasteiger partial charge >= 0.3 is 0 Å². The van der Waals surface area contributed by atoms with Gasteiger partial charge in [-0.05, 0) is 32.0 Å². The van der Waals surface area contributed by atoms with Crippen molar-refractivity contribution < 1.29 is 8.42 Å². The van der Waals surface area contributed by atoms with Gasteiger partial charge in [-0.2, -0.15) is 5.10 Å². The highest BCUT2D eigenvalue weighted by Gasteiger charge is 2.14. The molecule has 7 nitrogen and oxygen atoms in total. The van der Waals surface area contributed by atoms with Crippen molar-refractivity contribution in [3.05, 3.63) is 63.5 Å². The predicted octanol–water partition coefficient (Wildman–Crippen LogP) is 1.96. The van der Waals surface area contributed by atoms with Crippen LogP contribution in [0.4, 0.5) is 0 Å². The number of nitrogens with one attached hydrogen (secondary N) is 1. The van der Waals surface area contributed by atoms with Gasteiger partial charge in [0.2, 0.25) is 10.0 Å². The average molecular weight is 390 g/mol. The summed E-state index contributed by atoms with van der Waals surface area (Å²) in [6, 6.07) is 11.2. The van der Waals surface area contributed by atoms with Gasteiger partial charge in [0.1, 0.15) is 5.69 Å². The fraction of sp³-hybridized carbons (Fsp3) is 0.235. The molecule has 0 unspecified atom stereocenters. The lowest BCUT2D eigenvalue weighted by Crippen LogP contribution is -2.32. The van der Waals surface area contributed by atoms with Gasteiger partial charge in [0, 0.05) is 12.6 Å². The zero-order chi connectivity index (χ0) is 18.7. The highest BCUT2D eigenvalue weighted by molar-refractivity contribution is 7.89. The smallest absolute Gasteiger partial charge is 0.266 e. The number of benzene rings is 1. The quantitative estimate of drug-likeness (QED) is 0.694. The molecule has 26 heavy (non-hydrogen) atoms. The molecule has 136 valence electrons. The van der Waals surface area contributed by atoms with E-state index in [0.29, 0.717) is 5.69 Å². The van der Waals surface area contributed by atoms with Gasteiger partial charge < -0.3 is 0 Å². The first kappa shape index (κ1) is 18.4. The molecular formula is C17H18N4O3S2. The Morgan fingerprint density at radius 2 is 1.85 bits per heavy atom. The van der Waals surface area contributed by atoms with Crippen LogP contribution in [0.15, 0.2) is 52.2 Å². The molecular weight excluding hydrogens is 372 g/mol. The molecule has 0 amide bonds. The summed E-state index contributed by atoms with van der Waals surface area (Å²) >= 11 is 1.51. The second-order valence-corrected chi connectivity index (χ2v) is 8.61. The molecule has 0 saturated carbocycles. The standard InChI is InChI=1S/C17H18N4O3S2/c1-12-17(25-13(2)19-12)15-8-9-16(22)21(20-15)11-10-18-26(23,24)14-6-4-3-5-7-14/h3-9,18H,10-11H2,1-2H3. The first-order valence-corrected chi connectivity index (χ1v) is 10.2. The SMILES string of the molecule is Cc1nc(C)c(-c2ccc(=O)n(CCNS(=O)(=O)c3ccccc3)n2)s1. The second-order valence-electron chi connectivity index (χ2n) is 5.64. The fourth-order valence-electron chi connectivity index (χ4n) is 2.47. The van der Waals surface area contributed by atoms with Gasteiger partial charge in [-0.25, -0.2) is 22.8 Å². The van der Waals surface area contributed by atoms with Crippen molar-refractivity contribution in [2.24, 2.45) is 0 Å². The summed E-state index contributed by atoms with van der Waals surface area (Å²) in [6.07, 6.45) is 0. The van der Waals surface area contributed by atoms with Crippen LogP contribution in [0.3, 0.4) is 0 Å². The van der Waals surface area contributed by atoms with E-state index >= 15 is 0 Å². The van der Waals surface area contributed by atoms with Crippen LogP contribution in [0, 0.1) is 13.8 Å². The molecule has 9 heteroatoms. The number of thiazole rings is 1. The third-order valence-corrected chi connectivity index (χ3v) is 6.24. The summed E-state index contributed by atoms with van der Waals surface area (Å²) in [6.45, 7) is 4.00. The van der Waals surface area contributed by atoms with E-state index in [1.54, 1.807) is 24.3 Å². The van der Waals surface area contributed by atoms with E-state index in [-0.39, 0.29) is 23.5 Å². The van der Waals surface area contributed by atoms with Crippen LogP contribution in [-0.2, 0) is 16.6 Å². The second kappa shape index (κ2) is 7.48. The van der Waals surface area contributed by atoms with Gasteiger partial charge in [0.25, 0.3) is 5.56 Å². The Balaban J connectivity index is 1.75. The monoisotopic (exact) mass is 390 g/mol. The maximum absolute atomic E-state index is 12.2. The Kier molecular flexibility index (Phi) is 5.30. The lowest BCUT2D eigenvalue weighted by molar-refractivity contribution is 0.549. The molecule has 0 aliphatic carbocycles. The molecule has 0 aliphatic heterocycles. The van der Waals surface area contributed by atoms with Crippen LogP contribution < -0.4 is 10.3 Å². The van der Waals surface area contributed by atoms with Crippen molar-refractivity contribution in [2.45, 2.75) is 25.3 Å². The van der Waals surface area contributed by atoms with Crippen LogP contribution in [0.2, 0.25) is 0 Å². The van der Waals surface area contributed by atoms with Crippen LogP contribution in [0.25, 0.3) is 10.6 Å². The number of aromatic nitrogens is 3. The maximum Gasteiger partial charge on any atom is 0.266 e. The van der Waals surface area contributed by atoms with Crippen LogP contribution >= 0.6 is 11.3 Å². The van der Waals surface area contributed by atoms with Gasteiger partial charge in [-0.3, -0.25) is 4.79 Å². The Bertz CT molecular complexity index is 1070. The Hall–Kier alpha value is -2.36. The number of sulfonamides is 1. The van der Waals surface area contributed by atoms with Crippen molar-refractivity contribution in [2.75, 3.05) is 6.54 Å². The third-order valence-electron chi connectivity index (χ3n) is 3.67. The minimum atomic E-state index is -3.61. The minimum absolute atomic E-state index is 0.0638. The highest BCUT2D eigenvalue weighted by Crippen LogP contribution is 2.27. The van der Waals surface area contributed by atoms with Crippen molar-refractivity contribution >= 4 is 21.4 Å². The molecule has 0 radical (unpaired) electrons. The zero-order valence-electron chi connectivity index (χ0n) is 14.3. The Morgan fingerprint density at radius 1 is 1.12 bits per heavy atom. The van der Waals surface area contributed by atoms with E-state index in [2.05, 4.69) is 14.8 Å². The molecule has 1 aromatic carbocycles. The lowest BCUT2D eigenvalue weighted by atomic mass is 10.3. The van der Waals surface area contributed by atoms with E-state index in [0.717, 1.165) is 15.6 Å². The van der Waals surface area contributed by atoms with E-state index < -0.39 is 10.0 Å². The molecule has 1 N–H and O–H groups in total. The first-order chi connectivity index (χ1) is 12.4. The summed E-state index contributed by atoms with van der Waals surface area (Å²) in [5, 5.41) is 5.27. The average Bonchev–Trinajstić information content (AvgIpc) is 2.95. The van der Waals surface area contributed by atoms with Crippen LogP contribution in [-0.4, -0.2) is 29.7 Å². The van der Waals surface area contributed by atoms with Crippen LogP contribution in [0.1, 0.15) is 10.7 Å². The highest BCUT2D eigenvalue weighted by atomic mass is 32.2. The first-order valence-electron chi connectivity index (χ1n) is 7.94. The molecule has 0 spiro atoms. The van der Waals surface area contributed by atoms with Crippen molar-refractivity contribution in [3.63, 3.8) is 0 Å². The summed E-state index contributed by atoms with van der Waals surface area (Å²) in [5.41, 5.74) is 1.22. The molecule has 0 aliphatic rings. The summed E-state index contributed by atoms with van der Waals surface area (Å²) in [5.74, 6) is 0. The maximum atomic E-state index is 12.2. The molecule has 0 fully saturated rings. The Labute approximate surface area is 155 Å². The van der Waals surface area contributed by atoms with Crippen molar-refractivity contribution in [1.29, 1.82) is 0 Å². The van der Waals surface area contributed by atoms with Gasteiger partial charge in [0.05, 0.1) is 27.0 Å². The lowest BCUT2D eigenvalue weighted by Gasteiger charge is -2.09. The summed E-state index contributed by atoms with van der Waals surface area (Å²) in [7, 11) is -3.61. The molecule has 3 aromatic rings. The molecule has 0 saturated heterocycles. The van der Waals surface area contributed by atoms with Gasteiger partial charge in [-0.1, -0.05) is 18.2 Å². The van der Waals surface area contributed by atoms with E-state index in [1.807, 2.05) is 13.8 Å². The summed E-state index contributed by atoms with van der Waals surface area (Å²) in [4.78, 5) is 17.5.